The minimum absolute atomic E-state index is 0.109. The normalized spacial score (nSPS) is 19.3. The Hall–Kier alpha value is -3.45. The Kier molecular flexibility index (Phi) is 5.86. The number of urea groups is 1. The average Bonchev–Trinajstić information content (AvgIpc) is 3.09. The first-order valence-electron chi connectivity index (χ1n) is 10.00. The topological polar surface area (TPSA) is 72.8 Å². The molecule has 3 atom stereocenters. The highest BCUT2D eigenvalue weighted by atomic mass is 19.1. The zero-order valence-corrected chi connectivity index (χ0v) is 16.6. The average molecular weight is 424 g/mol. The van der Waals surface area contributed by atoms with Gasteiger partial charge in [-0.25, -0.2) is 13.6 Å². The number of aliphatic hydroxyl groups is 1. The number of carbonyl (C=O) groups excluding carboxylic acids is 1. The Bertz CT molecular complexity index is 1040. The molecule has 160 valence electrons. The number of anilines is 1. The van der Waals surface area contributed by atoms with Crippen LogP contribution < -0.4 is 10.2 Å². The predicted molar refractivity (Wildman–Crippen MR) is 113 cm³/mol. The summed E-state index contributed by atoms with van der Waals surface area (Å²) in [5.74, 6) is -0.664. The van der Waals surface area contributed by atoms with Crippen molar-refractivity contribution in [3.63, 3.8) is 0 Å². The first kappa shape index (κ1) is 20.8. The van der Waals surface area contributed by atoms with E-state index >= 15 is 0 Å². The number of phenolic OH excluding ortho intramolecular Hbond substituents is 1. The highest BCUT2D eigenvalue weighted by Crippen LogP contribution is 2.37. The third-order valence-electron chi connectivity index (χ3n) is 5.53. The van der Waals surface area contributed by atoms with E-state index in [1.54, 1.807) is 29.2 Å². The van der Waals surface area contributed by atoms with E-state index in [2.05, 4.69) is 5.32 Å². The van der Waals surface area contributed by atoms with Gasteiger partial charge in [-0.15, -0.1) is 0 Å². The predicted octanol–water partition coefficient (Wildman–Crippen LogP) is 4.82. The Balaban J connectivity index is 1.59. The monoisotopic (exact) mass is 424 g/mol. The van der Waals surface area contributed by atoms with Crippen LogP contribution in [0.1, 0.15) is 36.1 Å². The first-order chi connectivity index (χ1) is 14.9. The van der Waals surface area contributed by atoms with Gasteiger partial charge in [0.15, 0.2) is 0 Å². The van der Waals surface area contributed by atoms with Gasteiger partial charge in [-0.2, -0.15) is 0 Å². The fourth-order valence-corrected chi connectivity index (χ4v) is 3.96. The Morgan fingerprint density at radius 3 is 2.10 bits per heavy atom. The lowest BCUT2D eigenvalue weighted by molar-refractivity contribution is 0.159. The smallest absolute Gasteiger partial charge is 0.322 e. The van der Waals surface area contributed by atoms with Gasteiger partial charge in [0.1, 0.15) is 17.4 Å². The molecule has 1 fully saturated rings. The molecule has 3 aromatic rings. The second-order valence-electron chi connectivity index (χ2n) is 7.58. The summed E-state index contributed by atoms with van der Waals surface area (Å²) in [6.07, 6.45) is -0.00603. The highest BCUT2D eigenvalue weighted by Gasteiger charge is 2.41. The largest absolute Gasteiger partial charge is 0.508 e. The molecule has 1 aliphatic heterocycles. The number of aliphatic hydroxyl groups excluding tert-OH is 1. The molecule has 2 amide bonds. The molecular formula is C24H22F2N2O3. The van der Waals surface area contributed by atoms with Crippen molar-refractivity contribution in [3.05, 3.63) is 95.6 Å². The Morgan fingerprint density at radius 2 is 1.48 bits per heavy atom. The number of halogens is 2. The summed E-state index contributed by atoms with van der Waals surface area (Å²) < 4.78 is 26.6. The summed E-state index contributed by atoms with van der Waals surface area (Å²) in [7, 11) is 0. The summed E-state index contributed by atoms with van der Waals surface area (Å²) >= 11 is 0. The van der Waals surface area contributed by atoms with Gasteiger partial charge in [-0.1, -0.05) is 24.3 Å². The Labute approximate surface area is 178 Å². The van der Waals surface area contributed by atoms with E-state index in [1.807, 2.05) is 0 Å². The summed E-state index contributed by atoms with van der Waals surface area (Å²) in [5.41, 5.74) is 1.93. The van der Waals surface area contributed by atoms with Crippen molar-refractivity contribution in [1.82, 2.24) is 5.32 Å². The van der Waals surface area contributed by atoms with E-state index in [1.165, 1.54) is 48.5 Å². The first-order valence-corrected chi connectivity index (χ1v) is 10.00. The summed E-state index contributed by atoms with van der Waals surface area (Å²) in [6, 6.07) is 16.8. The lowest BCUT2D eigenvalue weighted by atomic mass is 9.93. The van der Waals surface area contributed by atoms with Crippen LogP contribution in [-0.2, 0) is 0 Å². The number of phenols is 1. The number of amides is 2. The van der Waals surface area contributed by atoms with Crippen LogP contribution in [0.15, 0.2) is 72.8 Å². The Morgan fingerprint density at radius 1 is 0.903 bits per heavy atom. The van der Waals surface area contributed by atoms with Gasteiger partial charge < -0.3 is 15.5 Å². The molecule has 1 aliphatic rings. The summed E-state index contributed by atoms with van der Waals surface area (Å²) in [6.45, 7) is 0. The van der Waals surface area contributed by atoms with Crippen LogP contribution in [0.25, 0.3) is 0 Å². The van der Waals surface area contributed by atoms with Crippen molar-refractivity contribution in [1.29, 1.82) is 0 Å². The van der Waals surface area contributed by atoms with Gasteiger partial charge in [0.2, 0.25) is 0 Å². The third-order valence-corrected chi connectivity index (χ3v) is 5.53. The van der Waals surface area contributed by atoms with E-state index in [4.69, 9.17) is 0 Å². The van der Waals surface area contributed by atoms with Crippen LogP contribution in [0, 0.1) is 11.6 Å². The molecule has 0 aromatic heterocycles. The number of benzene rings is 3. The fraction of sp³-hybridized carbons (Fsp3) is 0.208. The number of nitrogens with zero attached hydrogens (tertiary/aromatic N) is 1. The zero-order valence-electron chi connectivity index (χ0n) is 16.6. The molecule has 0 saturated carbocycles. The van der Waals surface area contributed by atoms with Crippen LogP contribution in [0.3, 0.4) is 0 Å². The number of aromatic hydroxyl groups is 1. The molecular weight excluding hydrogens is 402 g/mol. The molecule has 1 heterocycles. The van der Waals surface area contributed by atoms with Crippen LogP contribution in [-0.4, -0.2) is 22.3 Å². The minimum Gasteiger partial charge on any atom is -0.508 e. The molecule has 7 heteroatoms. The maximum atomic E-state index is 13.4. The molecule has 31 heavy (non-hydrogen) atoms. The minimum atomic E-state index is -0.808. The van der Waals surface area contributed by atoms with Crippen molar-refractivity contribution in [2.24, 2.45) is 0 Å². The van der Waals surface area contributed by atoms with Crippen LogP contribution in [0.2, 0.25) is 0 Å². The van der Waals surface area contributed by atoms with Gasteiger partial charge in [-0.05, 0) is 72.5 Å². The maximum Gasteiger partial charge on any atom is 0.322 e. The van der Waals surface area contributed by atoms with Crippen LogP contribution in [0.4, 0.5) is 19.3 Å². The van der Waals surface area contributed by atoms with Crippen LogP contribution >= 0.6 is 0 Å². The lowest BCUT2D eigenvalue weighted by Crippen LogP contribution is -2.29. The van der Waals surface area contributed by atoms with Crippen molar-refractivity contribution >= 4 is 11.7 Å². The van der Waals surface area contributed by atoms with Gasteiger partial charge in [0, 0.05) is 5.69 Å². The molecule has 1 saturated heterocycles. The second kappa shape index (κ2) is 8.73. The highest BCUT2D eigenvalue weighted by molar-refractivity contribution is 5.95. The van der Waals surface area contributed by atoms with E-state index < -0.39 is 18.0 Å². The quantitative estimate of drug-likeness (QED) is 0.531. The van der Waals surface area contributed by atoms with Crippen LogP contribution in [0.5, 0.6) is 5.75 Å². The molecule has 3 unspecified atom stereocenters. The van der Waals surface area contributed by atoms with Crippen molar-refractivity contribution in [2.45, 2.75) is 31.0 Å². The third kappa shape index (κ3) is 4.51. The maximum absolute atomic E-state index is 13.4. The molecule has 3 aromatic carbocycles. The van der Waals surface area contributed by atoms with Gasteiger partial charge >= 0.3 is 6.03 Å². The molecule has 5 nitrogen and oxygen atoms in total. The number of rotatable bonds is 6. The van der Waals surface area contributed by atoms with E-state index in [-0.39, 0.29) is 23.6 Å². The number of hydrogen-bond acceptors (Lipinski definition) is 3. The van der Waals surface area contributed by atoms with E-state index in [0.717, 1.165) is 5.56 Å². The number of carbonyl (C=O) groups is 1. The second-order valence-corrected chi connectivity index (χ2v) is 7.58. The van der Waals surface area contributed by atoms with Gasteiger partial charge in [0.05, 0.1) is 18.2 Å². The number of hydrogen-bond donors (Lipinski definition) is 3. The zero-order chi connectivity index (χ0) is 22.0. The molecule has 4 rings (SSSR count). The van der Waals surface area contributed by atoms with Gasteiger partial charge in [-0.3, -0.25) is 4.90 Å². The number of nitrogens with one attached hydrogen (secondary N) is 1. The van der Waals surface area contributed by atoms with E-state index in [9.17, 15) is 23.8 Å². The van der Waals surface area contributed by atoms with Crippen molar-refractivity contribution in [2.75, 3.05) is 4.90 Å². The summed E-state index contributed by atoms with van der Waals surface area (Å²) in [4.78, 5) is 14.4. The SMILES string of the molecule is O=C1NC(CCC(O)c2ccc(F)cc2)C(c2ccc(O)cc2)N1c1ccc(F)cc1. The molecule has 0 radical (unpaired) electrons. The van der Waals surface area contributed by atoms with Crippen molar-refractivity contribution < 1.29 is 23.8 Å². The van der Waals surface area contributed by atoms with Crippen molar-refractivity contribution in [3.8, 4) is 5.75 Å². The standard InChI is InChI=1S/C24H22F2N2O3/c25-17-5-1-15(2-6-17)22(30)14-13-21-23(16-3-11-20(29)12-4-16)28(24(31)27-21)19-9-7-18(26)8-10-19/h1-12,21-23,29-30H,13-14H2,(H,27,31). The molecule has 0 spiro atoms. The lowest BCUT2D eigenvalue weighted by Gasteiger charge is -2.27. The van der Waals surface area contributed by atoms with E-state index in [0.29, 0.717) is 24.1 Å². The summed E-state index contributed by atoms with van der Waals surface area (Å²) in [5, 5.41) is 23.1. The molecule has 0 aliphatic carbocycles. The molecule has 0 bridgehead atoms. The molecule has 3 N–H and O–H groups in total. The fourth-order valence-electron chi connectivity index (χ4n) is 3.96. The van der Waals surface area contributed by atoms with Gasteiger partial charge in [0.25, 0.3) is 0 Å².